The van der Waals surface area contributed by atoms with Crippen molar-refractivity contribution in [2.24, 2.45) is 0 Å². The Kier molecular flexibility index (Phi) is 6.99. The van der Waals surface area contributed by atoms with Crippen LogP contribution in [0.4, 0.5) is 0 Å². The number of carbonyl (C=O) groups excluding carboxylic acids is 1. The first-order valence-electron chi connectivity index (χ1n) is 5.78. The van der Waals surface area contributed by atoms with E-state index in [1.807, 2.05) is 20.9 Å². The molecule has 90 valence electrons. The Morgan fingerprint density at radius 3 is 2.33 bits per heavy atom. The van der Waals surface area contributed by atoms with Crippen LogP contribution in [0.1, 0.15) is 52.9 Å². The molecule has 0 spiro atoms. The van der Waals surface area contributed by atoms with E-state index in [1.165, 1.54) is 12.8 Å². The van der Waals surface area contributed by atoms with Crippen molar-refractivity contribution in [3.05, 3.63) is 0 Å². The van der Waals surface area contributed by atoms with Crippen LogP contribution >= 0.6 is 11.6 Å². The molecule has 0 aliphatic carbocycles. The largest absolute Gasteiger partial charge is 0.339 e. The summed E-state index contributed by atoms with van der Waals surface area (Å²) in [4.78, 5) is 13.5. The second-order valence-corrected chi connectivity index (χ2v) is 4.98. The molecule has 0 aliphatic heterocycles. The molecular formula is C12H24ClNO. The van der Waals surface area contributed by atoms with E-state index in [0.29, 0.717) is 12.3 Å². The van der Waals surface area contributed by atoms with Crippen molar-refractivity contribution >= 4 is 17.5 Å². The third kappa shape index (κ3) is 5.41. The molecule has 0 atom stereocenters. The van der Waals surface area contributed by atoms with Gasteiger partial charge in [0.2, 0.25) is 5.91 Å². The first-order valence-corrected chi connectivity index (χ1v) is 6.31. The highest BCUT2D eigenvalue weighted by Gasteiger charge is 2.25. The van der Waals surface area contributed by atoms with Crippen molar-refractivity contribution in [2.75, 3.05) is 12.9 Å². The van der Waals surface area contributed by atoms with Crippen LogP contribution in [0.2, 0.25) is 0 Å². The standard InChI is InChI=1S/C12H24ClNO/c1-5-6-7-8-9-11(15)14(4)12(2,3)10-13/h5-10H2,1-4H3. The maximum absolute atomic E-state index is 11.8. The molecule has 3 heteroatoms. The Bertz CT molecular complexity index is 192. The summed E-state index contributed by atoms with van der Waals surface area (Å²) in [6.45, 7) is 6.15. The zero-order chi connectivity index (χ0) is 11.9. The first kappa shape index (κ1) is 14.8. The molecule has 0 rings (SSSR count). The minimum Gasteiger partial charge on any atom is -0.339 e. The van der Waals surface area contributed by atoms with Crippen LogP contribution in [0.25, 0.3) is 0 Å². The minimum atomic E-state index is -0.233. The lowest BCUT2D eigenvalue weighted by molar-refractivity contribution is -0.134. The third-order valence-corrected chi connectivity index (χ3v) is 3.51. The van der Waals surface area contributed by atoms with Gasteiger partial charge in [-0.05, 0) is 20.3 Å². The Labute approximate surface area is 99.0 Å². The van der Waals surface area contributed by atoms with E-state index >= 15 is 0 Å². The molecule has 1 amide bonds. The molecule has 0 bridgehead atoms. The molecule has 0 saturated heterocycles. The second-order valence-electron chi connectivity index (χ2n) is 4.71. The summed E-state index contributed by atoms with van der Waals surface area (Å²) in [6, 6.07) is 0. The van der Waals surface area contributed by atoms with Gasteiger partial charge in [0.25, 0.3) is 0 Å². The highest BCUT2D eigenvalue weighted by atomic mass is 35.5. The second kappa shape index (κ2) is 7.10. The van der Waals surface area contributed by atoms with Crippen LogP contribution in [-0.2, 0) is 4.79 Å². The van der Waals surface area contributed by atoms with Crippen molar-refractivity contribution in [3.8, 4) is 0 Å². The summed E-state index contributed by atoms with van der Waals surface area (Å²) < 4.78 is 0. The van der Waals surface area contributed by atoms with Crippen molar-refractivity contribution in [2.45, 2.75) is 58.4 Å². The molecule has 0 radical (unpaired) electrons. The monoisotopic (exact) mass is 233 g/mol. The maximum atomic E-state index is 11.8. The summed E-state index contributed by atoms with van der Waals surface area (Å²) in [7, 11) is 1.84. The number of amides is 1. The zero-order valence-electron chi connectivity index (χ0n) is 10.5. The van der Waals surface area contributed by atoms with Crippen LogP contribution in [0.5, 0.6) is 0 Å². The fourth-order valence-electron chi connectivity index (χ4n) is 1.30. The van der Waals surface area contributed by atoms with Gasteiger partial charge in [0, 0.05) is 19.3 Å². The lowest BCUT2D eigenvalue weighted by atomic mass is 10.1. The Morgan fingerprint density at radius 1 is 1.27 bits per heavy atom. The van der Waals surface area contributed by atoms with Crippen LogP contribution in [0.15, 0.2) is 0 Å². The van der Waals surface area contributed by atoms with Gasteiger partial charge in [0.1, 0.15) is 0 Å². The summed E-state index contributed by atoms with van der Waals surface area (Å²) in [5.41, 5.74) is -0.233. The van der Waals surface area contributed by atoms with E-state index in [0.717, 1.165) is 12.8 Å². The van der Waals surface area contributed by atoms with Gasteiger partial charge in [-0.15, -0.1) is 11.6 Å². The molecule has 0 aromatic rings. The van der Waals surface area contributed by atoms with Gasteiger partial charge >= 0.3 is 0 Å². The SMILES string of the molecule is CCCCCCC(=O)N(C)C(C)(C)CCl. The normalized spacial score (nSPS) is 11.5. The predicted octanol–water partition coefficient (Wildman–Crippen LogP) is 3.43. The van der Waals surface area contributed by atoms with Crippen LogP contribution in [0.3, 0.4) is 0 Å². The van der Waals surface area contributed by atoms with Gasteiger partial charge < -0.3 is 4.90 Å². The number of unbranched alkanes of at least 4 members (excludes halogenated alkanes) is 3. The topological polar surface area (TPSA) is 20.3 Å². The zero-order valence-corrected chi connectivity index (χ0v) is 11.2. The molecule has 0 unspecified atom stereocenters. The van der Waals surface area contributed by atoms with Crippen molar-refractivity contribution in [1.82, 2.24) is 4.90 Å². The minimum absolute atomic E-state index is 0.205. The molecule has 0 aromatic heterocycles. The van der Waals surface area contributed by atoms with Crippen LogP contribution < -0.4 is 0 Å². The van der Waals surface area contributed by atoms with Gasteiger partial charge in [0.05, 0.1) is 5.54 Å². The highest BCUT2D eigenvalue weighted by molar-refractivity contribution is 6.18. The molecule has 0 saturated carbocycles. The number of hydrogen-bond acceptors (Lipinski definition) is 1. The molecule has 0 aromatic carbocycles. The van der Waals surface area contributed by atoms with E-state index in [1.54, 1.807) is 4.90 Å². The summed E-state index contributed by atoms with van der Waals surface area (Å²) >= 11 is 5.82. The number of hydrogen-bond donors (Lipinski definition) is 0. The number of carbonyl (C=O) groups is 1. The summed E-state index contributed by atoms with van der Waals surface area (Å²) in [5, 5.41) is 0. The Morgan fingerprint density at radius 2 is 1.87 bits per heavy atom. The van der Waals surface area contributed by atoms with Crippen molar-refractivity contribution in [1.29, 1.82) is 0 Å². The van der Waals surface area contributed by atoms with Gasteiger partial charge in [-0.1, -0.05) is 26.2 Å². The fraction of sp³-hybridized carbons (Fsp3) is 0.917. The Hall–Kier alpha value is -0.240. The molecule has 0 fully saturated rings. The summed E-state index contributed by atoms with van der Waals surface area (Å²) in [6.07, 6.45) is 5.22. The molecular weight excluding hydrogens is 210 g/mol. The van der Waals surface area contributed by atoms with Crippen molar-refractivity contribution < 1.29 is 4.79 Å². The van der Waals surface area contributed by atoms with Crippen LogP contribution in [-0.4, -0.2) is 29.3 Å². The maximum Gasteiger partial charge on any atom is 0.222 e. The van der Waals surface area contributed by atoms with E-state index in [4.69, 9.17) is 11.6 Å². The lowest BCUT2D eigenvalue weighted by Crippen LogP contribution is -2.46. The van der Waals surface area contributed by atoms with E-state index < -0.39 is 0 Å². The lowest BCUT2D eigenvalue weighted by Gasteiger charge is -2.34. The van der Waals surface area contributed by atoms with E-state index in [9.17, 15) is 4.79 Å². The molecule has 0 aliphatic rings. The third-order valence-electron chi connectivity index (χ3n) is 2.85. The van der Waals surface area contributed by atoms with Gasteiger partial charge in [-0.2, -0.15) is 0 Å². The van der Waals surface area contributed by atoms with Gasteiger partial charge in [-0.25, -0.2) is 0 Å². The first-order chi connectivity index (χ1) is 6.95. The molecule has 2 nitrogen and oxygen atoms in total. The highest BCUT2D eigenvalue weighted by Crippen LogP contribution is 2.16. The van der Waals surface area contributed by atoms with E-state index in [-0.39, 0.29) is 11.4 Å². The number of halogens is 1. The molecule has 15 heavy (non-hydrogen) atoms. The average Bonchev–Trinajstić information content (AvgIpc) is 2.23. The van der Waals surface area contributed by atoms with Crippen LogP contribution in [0, 0.1) is 0 Å². The fourth-order valence-corrected chi connectivity index (χ4v) is 1.48. The van der Waals surface area contributed by atoms with Gasteiger partial charge in [0.15, 0.2) is 0 Å². The Balaban J connectivity index is 3.89. The van der Waals surface area contributed by atoms with E-state index in [2.05, 4.69) is 6.92 Å². The molecule has 0 heterocycles. The number of rotatable bonds is 7. The molecule has 0 N–H and O–H groups in total. The number of nitrogens with zero attached hydrogens (tertiary/aromatic N) is 1. The average molecular weight is 234 g/mol. The smallest absolute Gasteiger partial charge is 0.222 e. The predicted molar refractivity (Wildman–Crippen MR) is 66.3 cm³/mol. The number of alkyl halides is 1. The van der Waals surface area contributed by atoms with Crippen molar-refractivity contribution in [3.63, 3.8) is 0 Å². The quantitative estimate of drug-likeness (QED) is 0.487. The van der Waals surface area contributed by atoms with Gasteiger partial charge in [-0.3, -0.25) is 4.79 Å². The summed E-state index contributed by atoms with van der Waals surface area (Å²) in [5.74, 6) is 0.682.